The number of rotatable bonds is 5. The van der Waals surface area contributed by atoms with Gasteiger partial charge in [-0.15, -0.1) is 0 Å². The molecule has 0 atom stereocenters. The summed E-state index contributed by atoms with van der Waals surface area (Å²) in [7, 11) is -3.92. The van der Waals surface area contributed by atoms with E-state index in [2.05, 4.69) is 11.6 Å². The maximum atomic E-state index is 12.5. The Balaban J connectivity index is 2.52. The SMILES string of the molecule is C=CN(c1cc([N+](=O)[O-])ccn1)S(=O)(=O)c1ccccc1. The van der Waals surface area contributed by atoms with Crippen molar-refractivity contribution >= 4 is 21.5 Å². The Bertz CT molecular complexity index is 775. The van der Waals surface area contributed by atoms with Gasteiger partial charge in [-0.25, -0.2) is 17.7 Å². The van der Waals surface area contributed by atoms with Crippen molar-refractivity contribution in [1.82, 2.24) is 4.98 Å². The lowest BCUT2D eigenvalue weighted by Gasteiger charge is -2.18. The van der Waals surface area contributed by atoms with E-state index in [-0.39, 0.29) is 16.4 Å². The molecule has 108 valence electrons. The van der Waals surface area contributed by atoms with Gasteiger partial charge in [-0.2, -0.15) is 0 Å². The fourth-order valence-corrected chi connectivity index (χ4v) is 2.93. The topological polar surface area (TPSA) is 93.4 Å². The third-order valence-corrected chi connectivity index (χ3v) is 4.35. The summed E-state index contributed by atoms with van der Waals surface area (Å²) >= 11 is 0. The van der Waals surface area contributed by atoms with Gasteiger partial charge in [-0.3, -0.25) is 10.1 Å². The van der Waals surface area contributed by atoms with Crippen LogP contribution in [0, 0.1) is 10.1 Å². The van der Waals surface area contributed by atoms with Gasteiger partial charge in [0, 0.05) is 18.5 Å². The van der Waals surface area contributed by atoms with Crippen molar-refractivity contribution in [3.05, 3.63) is 71.6 Å². The molecule has 2 rings (SSSR count). The van der Waals surface area contributed by atoms with Gasteiger partial charge < -0.3 is 0 Å². The van der Waals surface area contributed by atoms with Crippen LogP contribution in [0.4, 0.5) is 11.5 Å². The number of nitrogens with zero attached hydrogens (tertiary/aromatic N) is 3. The Morgan fingerprint density at radius 2 is 1.90 bits per heavy atom. The molecule has 0 unspecified atom stereocenters. The van der Waals surface area contributed by atoms with Gasteiger partial charge in [0.1, 0.15) is 0 Å². The van der Waals surface area contributed by atoms with E-state index < -0.39 is 14.9 Å². The van der Waals surface area contributed by atoms with E-state index in [0.29, 0.717) is 0 Å². The lowest BCUT2D eigenvalue weighted by atomic mass is 10.4. The number of aromatic nitrogens is 1. The number of nitro groups is 1. The zero-order chi connectivity index (χ0) is 15.5. The van der Waals surface area contributed by atoms with Crippen LogP contribution in [0.25, 0.3) is 0 Å². The lowest BCUT2D eigenvalue weighted by Crippen LogP contribution is -2.26. The number of pyridine rings is 1. The highest BCUT2D eigenvalue weighted by molar-refractivity contribution is 7.93. The van der Waals surface area contributed by atoms with Crippen LogP contribution in [0.2, 0.25) is 0 Å². The van der Waals surface area contributed by atoms with E-state index in [1.54, 1.807) is 18.2 Å². The van der Waals surface area contributed by atoms with Crippen molar-refractivity contribution in [1.29, 1.82) is 0 Å². The van der Waals surface area contributed by atoms with Crippen molar-refractivity contribution in [2.45, 2.75) is 4.90 Å². The van der Waals surface area contributed by atoms with Crippen LogP contribution >= 0.6 is 0 Å². The van der Waals surface area contributed by atoms with Crippen molar-refractivity contribution in [2.75, 3.05) is 4.31 Å². The molecule has 0 bridgehead atoms. The maximum Gasteiger partial charge on any atom is 0.274 e. The van der Waals surface area contributed by atoms with Crippen molar-refractivity contribution < 1.29 is 13.3 Å². The second-order valence-corrected chi connectivity index (χ2v) is 5.74. The minimum Gasteiger partial charge on any atom is -0.258 e. The van der Waals surface area contributed by atoms with E-state index >= 15 is 0 Å². The molecule has 8 heteroatoms. The van der Waals surface area contributed by atoms with E-state index in [1.807, 2.05) is 0 Å². The van der Waals surface area contributed by atoms with Crippen molar-refractivity contribution in [3.63, 3.8) is 0 Å². The fourth-order valence-electron chi connectivity index (χ4n) is 1.66. The van der Waals surface area contributed by atoms with E-state index in [4.69, 9.17) is 0 Å². The van der Waals surface area contributed by atoms with Gasteiger partial charge in [-0.1, -0.05) is 24.8 Å². The zero-order valence-electron chi connectivity index (χ0n) is 10.8. The summed E-state index contributed by atoms with van der Waals surface area (Å²) in [5.74, 6) is -0.0944. The summed E-state index contributed by atoms with van der Waals surface area (Å²) in [5.41, 5.74) is -0.255. The highest BCUT2D eigenvalue weighted by Crippen LogP contribution is 2.24. The second kappa shape index (κ2) is 5.71. The second-order valence-electron chi connectivity index (χ2n) is 3.93. The molecule has 2 aromatic rings. The van der Waals surface area contributed by atoms with E-state index in [0.717, 1.165) is 16.6 Å². The summed E-state index contributed by atoms with van der Waals surface area (Å²) in [6, 6.07) is 9.93. The molecule has 0 aliphatic carbocycles. The van der Waals surface area contributed by atoms with Crippen molar-refractivity contribution in [3.8, 4) is 0 Å². The van der Waals surface area contributed by atoms with Crippen LogP contribution in [-0.4, -0.2) is 18.3 Å². The van der Waals surface area contributed by atoms with Crippen LogP contribution in [0.5, 0.6) is 0 Å². The average molecular weight is 305 g/mol. The molecule has 0 radical (unpaired) electrons. The Morgan fingerprint density at radius 3 is 2.48 bits per heavy atom. The van der Waals surface area contributed by atoms with Crippen LogP contribution in [0.15, 0.2) is 66.3 Å². The van der Waals surface area contributed by atoms with Crippen LogP contribution < -0.4 is 4.31 Å². The average Bonchev–Trinajstić information content (AvgIpc) is 2.49. The minimum atomic E-state index is -3.92. The molecule has 0 fully saturated rings. The first-order chi connectivity index (χ1) is 9.96. The molecule has 21 heavy (non-hydrogen) atoms. The molecule has 1 heterocycles. The molecule has 0 aliphatic heterocycles. The fraction of sp³-hybridized carbons (Fsp3) is 0. The first-order valence-corrected chi connectivity index (χ1v) is 7.23. The molecule has 0 spiro atoms. The standard InChI is InChI=1S/C13H11N3O4S/c1-2-15(13-10-11(16(17)18)8-9-14-13)21(19,20)12-6-4-3-5-7-12/h2-10H,1H2. The molecular formula is C13H11N3O4S. The molecule has 1 aromatic heterocycles. The molecule has 1 aromatic carbocycles. The number of benzene rings is 1. The number of anilines is 1. The third-order valence-electron chi connectivity index (χ3n) is 2.63. The zero-order valence-corrected chi connectivity index (χ0v) is 11.6. The molecular weight excluding hydrogens is 294 g/mol. The van der Waals surface area contributed by atoms with Crippen LogP contribution in [-0.2, 0) is 10.0 Å². The summed E-state index contributed by atoms with van der Waals surface area (Å²) in [6.45, 7) is 3.44. The lowest BCUT2D eigenvalue weighted by molar-refractivity contribution is -0.384. The molecule has 0 amide bonds. The predicted octanol–water partition coefficient (Wildman–Crippen LogP) is 2.33. The first kappa shape index (κ1) is 14.7. The van der Waals surface area contributed by atoms with E-state index in [9.17, 15) is 18.5 Å². The van der Waals surface area contributed by atoms with Gasteiger partial charge in [0.25, 0.3) is 15.7 Å². The largest absolute Gasteiger partial charge is 0.274 e. The highest BCUT2D eigenvalue weighted by Gasteiger charge is 2.24. The van der Waals surface area contributed by atoms with E-state index in [1.165, 1.54) is 24.4 Å². The van der Waals surface area contributed by atoms with Crippen molar-refractivity contribution in [2.24, 2.45) is 0 Å². The summed E-state index contributed by atoms with van der Waals surface area (Å²) in [5, 5.41) is 10.8. The third kappa shape index (κ3) is 2.90. The van der Waals surface area contributed by atoms with Crippen LogP contribution in [0.3, 0.4) is 0 Å². The molecule has 0 aliphatic rings. The smallest absolute Gasteiger partial charge is 0.258 e. The molecule has 0 saturated heterocycles. The highest BCUT2D eigenvalue weighted by atomic mass is 32.2. The monoisotopic (exact) mass is 305 g/mol. The Morgan fingerprint density at radius 1 is 1.24 bits per heavy atom. The Labute approximate surface area is 121 Å². The molecule has 0 saturated carbocycles. The number of sulfonamides is 1. The normalized spacial score (nSPS) is 10.9. The van der Waals surface area contributed by atoms with Gasteiger partial charge in [-0.05, 0) is 12.1 Å². The summed E-state index contributed by atoms with van der Waals surface area (Å²) in [6.07, 6.45) is 2.22. The maximum absolute atomic E-state index is 12.5. The number of hydrogen-bond donors (Lipinski definition) is 0. The quantitative estimate of drug-likeness (QED) is 0.624. The Kier molecular flexibility index (Phi) is 3.99. The van der Waals surface area contributed by atoms with Gasteiger partial charge in [0.15, 0.2) is 5.82 Å². The molecule has 7 nitrogen and oxygen atoms in total. The predicted molar refractivity (Wildman–Crippen MR) is 77.2 cm³/mol. The van der Waals surface area contributed by atoms with Gasteiger partial charge in [0.2, 0.25) is 0 Å². The summed E-state index contributed by atoms with van der Waals surface area (Å²) in [4.78, 5) is 14.0. The Hall–Kier alpha value is -2.74. The van der Waals surface area contributed by atoms with Gasteiger partial charge in [0.05, 0.1) is 15.9 Å². The number of hydrogen-bond acceptors (Lipinski definition) is 5. The van der Waals surface area contributed by atoms with Crippen LogP contribution in [0.1, 0.15) is 0 Å². The molecule has 0 N–H and O–H groups in total. The minimum absolute atomic E-state index is 0.0400. The first-order valence-electron chi connectivity index (χ1n) is 5.79. The summed E-state index contributed by atoms with van der Waals surface area (Å²) < 4.78 is 25.8. The van der Waals surface area contributed by atoms with Gasteiger partial charge >= 0.3 is 0 Å².